The minimum absolute atomic E-state index is 0.00592. The molecule has 34 heavy (non-hydrogen) atoms. The van der Waals surface area contributed by atoms with Crippen LogP contribution in [0, 0.1) is 17.0 Å². The third kappa shape index (κ3) is 4.37. The van der Waals surface area contributed by atoms with Crippen molar-refractivity contribution >= 4 is 22.9 Å². The quantitative estimate of drug-likeness (QED) is 0.328. The average Bonchev–Trinajstić information content (AvgIpc) is 3.22. The van der Waals surface area contributed by atoms with E-state index in [1.165, 1.54) is 13.2 Å². The third-order valence-electron chi connectivity index (χ3n) is 4.95. The lowest BCUT2D eigenvalue weighted by Gasteiger charge is -2.12. The van der Waals surface area contributed by atoms with Gasteiger partial charge in [0.1, 0.15) is 11.3 Å². The fourth-order valence-electron chi connectivity index (χ4n) is 3.27. The van der Waals surface area contributed by atoms with Crippen molar-refractivity contribution in [3.05, 3.63) is 81.7 Å². The van der Waals surface area contributed by atoms with Gasteiger partial charge in [-0.05, 0) is 13.0 Å². The van der Waals surface area contributed by atoms with Crippen molar-refractivity contribution in [3.63, 3.8) is 0 Å². The number of aromatic nitrogens is 3. The predicted molar refractivity (Wildman–Crippen MR) is 116 cm³/mol. The van der Waals surface area contributed by atoms with Crippen LogP contribution in [-0.2, 0) is 6.18 Å². The number of carbonyl (C=O) groups excluding carboxylic acids is 1. The van der Waals surface area contributed by atoms with E-state index in [1.807, 2.05) is 6.92 Å². The number of nitro groups is 1. The largest absolute Gasteiger partial charge is 0.496 e. The Balaban J connectivity index is 1.81. The van der Waals surface area contributed by atoms with Crippen molar-refractivity contribution in [3.8, 4) is 17.0 Å². The number of benzene rings is 2. The molecule has 12 heteroatoms. The van der Waals surface area contributed by atoms with Gasteiger partial charge >= 0.3 is 6.18 Å². The zero-order valence-corrected chi connectivity index (χ0v) is 17.8. The highest BCUT2D eigenvalue weighted by atomic mass is 19.4. The van der Waals surface area contributed by atoms with Gasteiger partial charge in [0, 0.05) is 17.7 Å². The number of methoxy groups -OCH3 is 1. The lowest BCUT2D eigenvalue weighted by atomic mass is 10.1. The van der Waals surface area contributed by atoms with E-state index >= 15 is 0 Å². The van der Waals surface area contributed by atoms with Crippen LogP contribution in [-0.4, -0.2) is 32.5 Å². The molecule has 0 aliphatic heterocycles. The first kappa shape index (κ1) is 22.7. The Kier molecular flexibility index (Phi) is 5.65. The Morgan fingerprint density at radius 3 is 2.47 bits per heavy atom. The molecule has 4 aromatic rings. The molecule has 0 bridgehead atoms. The molecule has 0 radical (unpaired) electrons. The highest BCUT2D eigenvalue weighted by Crippen LogP contribution is 2.33. The zero-order chi connectivity index (χ0) is 24.6. The molecule has 1 amide bonds. The van der Waals surface area contributed by atoms with E-state index in [0.717, 1.165) is 30.0 Å². The minimum atomic E-state index is -4.77. The first-order chi connectivity index (χ1) is 16.1. The van der Waals surface area contributed by atoms with Gasteiger partial charge in [-0.15, -0.1) is 0 Å². The van der Waals surface area contributed by atoms with E-state index in [-0.39, 0.29) is 34.0 Å². The summed E-state index contributed by atoms with van der Waals surface area (Å²) in [5.41, 5.74) is -0.650. The van der Waals surface area contributed by atoms with Crippen molar-refractivity contribution in [2.24, 2.45) is 0 Å². The van der Waals surface area contributed by atoms with E-state index in [2.05, 4.69) is 15.4 Å². The number of rotatable bonds is 5. The Morgan fingerprint density at radius 2 is 1.85 bits per heavy atom. The molecule has 0 aliphatic rings. The summed E-state index contributed by atoms with van der Waals surface area (Å²) in [5, 5.41) is 17.3. The number of non-ortho nitro benzene ring substituents is 1. The number of hydrogen-bond acceptors (Lipinski definition) is 6. The lowest BCUT2D eigenvalue weighted by molar-refractivity contribution is -0.384. The van der Waals surface area contributed by atoms with Crippen LogP contribution in [0.4, 0.5) is 24.5 Å². The van der Waals surface area contributed by atoms with Crippen LogP contribution in [0.15, 0.2) is 54.7 Å². The molecule has 2 heterocycles. The van der Waals surface area contributed by atoms with Gasteiger partial charge in [0.2, 0.25) is 0 Å². The third-order valence-corrected chi connectivity index (χ3v) is 4.95. The van der Waals surface area contributed by atoms with E-state index < -0.39 is 22.7 Å². The van der Waals surface area contributed by atoms with Gasteiger partial charge in [-0.25, -0.2) is 9.50 Å². The number of carbonyl (C=O) groups is 1. The summed E-state index contributed by atoms with van der Waals surface area (Å²) >= 11 is 0. The molecule has 1 N–H and O–H groups in total. The van der Waals surface area contributed by atoms with Gasteiger partial charge in [0.05, 0.1) is 35.7 Å². The summed E-state index contributed by atoms with van der Waals surface area (Å²) in [4.78, 5) is 27.7. The summed E-state index contributed by atoms with van der Waals surface area (Å²) in [7, 11) is 1.30. The minimum Gasteiger partial charge on any atom is -0.496 e. The first-order valence-electron chi connectivity index (χ1n) is 9.74. The monoisotopic (exact) mass is 471 g/mol. The Labute approximate surface area is 190 Å². The van der Waals surface area contributed by atoms with Crippen LogP contribution in [0.3, 0.4) is 0 Å². The van der Waals surface area contributed by atoms with Crippen LogP contribution < -0.4 is 10.1 Å². The molecular formula is C22H16F3N5O4. The van der Waals surface area contributed by atoms with E-state index in [0.29, 0.717) is 10.1 Å². The topological polar surface area (TPSA) is 112 Å². The van der Waals surface area contributed by atoms with Crippen molar-refractivity contribution in [2.75, 3.05) is 12.4 Å². The maximum Gasteiger partial charge on any atom is 0.433 e. The molecule has 4 rings (SSSR count). The Morgan fingerprint density at radius 1 is 1.15 bits per heavy atom. The molecule has 0 unspecified atom stereocenters. The van der Waals surface area contributed by atoms with E-state index in [9.17, 15) is 28.1 Å². The highest BCUT2D eigenvalue weighted by Gasteiger charge is 2.36. The zero-order valence-electron chi connectivity index (χ0n) is 17.8. The summed E-state index contributed by atoms with van der Waals surface area (Å²) in [6, 6.07) is 11.2. The predicted octanol–water partition coefficient (Wildman–Crippen LogP) is 4.89. The molecule has 9 nitrogen and oxygen atoms in total. The molecule has 0 fully saturated rings. The van der Waals surface area contributed by atoms with Gasteiger partial charge in [-0.3, -0.25) is 14.9 Å². The molecule has 0 saturated carbocycles. The van der Waals surface area contributed by atoms with Crippen molar-refractivity contribution in [1.29, 1.82) is 0 Å². The van der Waals surface area contributed by atoms with E-state index in [4.69, 9.17) is 4.74 Å². The number of hydrogen-bond donors (Lipinski definition) is 1. The van der Waals surface area contributed by atoms with Gasteiger partial charge in [0.25, 0.3) is 11.6 Å². The molecule has 2 aromatic heterocycles. The first-order valence-corrected chi connectivity index (χ1v) is 9.74. The van der Waals surface area contributed by atoms with Crippen LogP contribution in [0.25, 0.3) is 16.9 Å². The van der Waals surface area contributed by atoms with Crippen LogP contribution in [0.1, 0.15) is 21.6 Å². The molecule has 0 spiro atoms. The van der Waals surface area contributed by atoms with Crippen LogP contribution in [0.2, 0.25) is 0 Å². The normalized spacial score (nSPS) is 11.4. The number of alkyl halides is 3. The second-order valence-corrected chi connectivity index (χ2v) is 7.32. The van der Waals surface area contributed by atoms with E-state index in [1.54, 1.807) is 24.3 Å². The molecule has 0 atom stereocenters. The summed E-state index contributed by atoms with van der Waals surface area (Å²) in [5.74, 6) is -0.734. The summed E-state index contributed by atoms with van der Waals surface area (Å²) in [6.07, 6.45) is -3.81. The average molecular weight is 471 g/mol. The van der Waals surface area contributed by atoms with Gasteiger partial charge in [-0.2, -0.15) is 18.3 Å². The maximum atomic E-state index is 13.8. The van der Waals surface area contributed by atoms with Gasteiger partial charge < -0.3 is 10.1 Å². The Bertz CT molecular complexity index is 1410. The Hall–Kier alpha value is -4.48. The molecular weight excluding hydrogens is 455 g/mol. The molecule has 2 aromatic carbocycles. The number of amides is 1. The second-order valence-electron chi connectivity index (χ2n) is 7.32. The fraction of sp³-hybridized carbons (Fsp3) is 0.136. The second kappa shape index (κ2) is 8.46. The number of nitrogens with zero attached hydrogens (tertiary/aromatic N) is 4. The molecule has 0 aliphatic carbocycles. The van der Waals surface area contributed by atoms with Crippen molar-refractivity contribution in [1.82, 2.24) is 14.6 Å². The highest BCUT2D eigenvalue weighted by molar-refractivity contribution is 6.08. The molecule has 0 saturated heterocycles. The summed E-state index contributed by atoms with van der Waals surface area (Å²) in [6.45, 7) is 1.84. The van der Waals surface area contributed by atoms with Crippen molar-refractivity contribution in [2.45, 2.75) is 13.1 Å². The smallest absolute Gasteiger partial charge is 0.433 e. The van der Waals surface area contributed by atoms with Gasteiger partial charge in [-0.1, -0.05) is 29.8 Å². The number of aryl methyl sites for hydroxylation is 1. The number of nitrogens with one attached hydrogen (secondary N) is 1. The number of ether oxygens (including phenoxy) is 1. The summed E-state index contributed by atoms with van der Waals surface area (Å²) < 4.78 is 46.9. The van der Waals surface area contributed by atoms with Crippen LogP contribution in [0.5, 0.6) is 5.75 Å². The standard InChI is InChI=1S/C22H16F3N5O4/c1-12-3-5-13(6-4-12)18-10-19(22(23,24)25)29-20(28-18)17(11-26-29)21(31)27-14-7-15(30(32)33)9-16(8-14)34-2/h3-11H,1-2H3,(H,27,31). The number of anilines is 1. The number of nitro benzene ring substituents is 1. The number of fused-ring (bicyclic) bond motifs is 1. The van der Waals surface area contributed by atoms with Crippen LogP contribution >= 0.6 is 0 Å². The lowest BCUT2D eigenvalue weighted by Crippen LogP contribution is -2.16. The van der Waals surface area contributed by atoms with Gasteiger partial charge in [0.15, 0.2) is 11.3 Å². The van der Waals surface area contributed by atoms with Crippen molar-refractivity contribution < 1.29 is 27.6 Å². The molecule has 174 valence electrons. The SMILES string of the molecule is COc1cc(NC(=O)c2cnn3c(C(F)(F)F)cc(-c4ccc(C)cc4)nc23)cc([N+](=O)[O-])c1. The maximum absolute atomic E-state index is 13.8. The fourth-order valence-corrected chi connectivity index (χ4v) is 3.27. The number of halogens is 3.